The summed E-state index contributed by atoms with van der Waals surface area (Å²) >= 11 is 0. The van der Waals surface area contributed by atoms with Gasteiger partial charge in [-0.15, -0.1) is 0 Å². The Kier molecular flexibility index (Phi) is 24.6. The van der Waals surface area contributed by atoms with Crippen molar-refractivity contribution in [1.29, 1.82) is 0 Å². The molecule has 0 aliphatic heterocycles. The molecule has 6 heteroatoms. The molecule has 1 unspecified atom stereocenters. The Hall–Kier alpha value is -0.240. The SMILES string of the molecule is CCCCCCCC(CC)CCOCCOCCOCCOCCOCCO. The van der Waals surface area contributed by atoms with Gasteiger partial charge in [0.1, 0.15) is 0 Å². The number of rotatable bonds is 24. The minimum absolute atomic E-state index is 0.0482. The van der Waals surface area contributed by atoms with Crippen LogP contribution in [0.4, 0.5) is 0 Å². The molecule has 1 N–H and O–H groups in total. The molecule has 0 aromatic heterocycles. The lowest BCUT2D eigenvalue weighted by Gasteiger charge is -2.14. The first-order valence-corrected chi connectivity index (χ1v) is 11.3. The van der Waals surface area contributed by atoms with Crippen LogP contribution < -0.4 is 0 Å². The lowest BCUT2D eigenvalue weighted by Crippen LogP contribution is -2.14. The van der Waals surface area contributed by atoms with E-state index in [9.17, 15) is 0 Å². The van der Waals surface area contributed by atoms with E-state index in [-0.39, 0.29) is 6.61 Å². The number of aliphatic hydroxyl groups excluding tert-OH is 1. The summed E-state index contributed by atoms with van der Waals surface area (Å²) in [5.41, 5.74) is 0. The fraction of sp³-hybridized carbons (Fsp3) is 1.00. The third kappa shape index (κ3) is 22.1. The van der Waals surface area contributed by atoms with Gasteiger partial charge in [0.05, 0.1) is 66.1 Å². The van der Waals surface area contributed by atoms with E-state index in [4.69, 9.17) is 28.8 Å². The molecular formula is C22H46O6. The van der Waals surface area contributed by atoms with Crippen molar-refractivity contribution in [2.75, 3.05) is 72.7 Å². The summed E-state index contributed by atoms with van der Waals surface area (Å²) in [5.74, 6) is 0.805. The van der Waals surface area contributed by atoms with E-state index in [1.165, 1.54) is 51.4 Å². The first kappa shape index (κ1) is 27.8. The quantitative estimate of drug-likeness (QED) is 0.246. The highest BCUT2D eigenvalue weighted by atomic mass is 16.6. The van der Waals surface area contributed by atoms with Crippen molar-refractivity contribution in [3.63, 3.8) is 0 Å². The van der Waals surface area contributed by atoms with Crippen LogP contribution >= 0.6 is 0 Å². The highest BCUT2D eigenvalue weighted by molar-refractivity contribution is 4.58. The standard InChI is InChI=1S/C22H46O6/c1-3-5-6-7-8-9-22(4-2)10-12-24-14-16-26-18-20-28-21-19-27-17-15-25-13-11-23/h22-23H,3-21H2,1-2H3. The smallest absolute Gasteiger partial charge is 0.0701 e. The fourth-order valence-electron chi connectivity index (χ4n) is 2.89. The number of hydrogen-bond donors (Lipinski definition) is 1. The zero-order valence-electron chi connectivity index (χ0n) is 18.5. The molecule has 0 fully saturated rings. The Morgan fingerprint density at radius 3 is 1.46 bits per heavy atom. The molecule has 170 valence electrons. The third-order valence-corrected chi connectivity index (χ3v) is 4.69. The molecule has 1 atom stereocenters. The van der Waals surface area contributed by atoms with Gasteiger partial charge in [0.2, 0.25) is 0 Å². The molecule has 0 bridgehead atoms. The predicted molar refractivity (Wildman–Crippen MR) is 113 cm³/mol. The molecule has 0 amide bonds. The molecule has 0 radical (unpaired) electrons. The van der Waals surface area contributed by atoms with E-state index in [1.807, 2.05) is 0 Å². The van der Waals surface area contributed by atoms with E-state index in [0.717, 1.165) is 12.5 Å². The Labute approximate surface area is 173 Å². The number of aliphatic hydroxyl groups is 1. The molecule has 0 saturated heterocycles. The first-order valence-electron chi connectivity index (χ1n) is 11.3. The Morgan fingerprint density at radius 2 is 1.00 bits per heavy atom. The second-order valence-electron chi connectivity index (χ2n) is 7.05. The van der Waals surface area contributed by atoms with Gasteiger partial charge in [0, 0.05) is 6.61 Å². The van der Waals surface area contributed by atoms with Crippen molar-refractivity contribution in [2.24, 2.45) is 5.92 Å². The van der Waals surface area contributed by atoms with Crippen molar-refractivity contribution in [2.45, 2.75) is 65.2 Å². The van der Waals surface area contributed by atoms with Crippen LogP contribution in [0.3, 0.4) is 0 Å². The molecule has 0 aliphatic rings. The highest BCUT2D eigenvalue weighted by Crippen LogP contribution is 2.18. The highest BCUT2D eigenvalue weighted by Gasteiger charge is 2.06. The number of ether oxygens (including phenoxy) is 5. The van der Waals surface area contributed by atoms with Crippen LogP contribution in [0.2, 0.25) is 0 Å². The molecule has 0 saturated carbocycles. The normalized spacial score (nSPS) is 12.5. The molecular weight excluding hydrogens is 360 g/mol. The lowest BCUT2D eigenvalue weighted by atomic mass is 9.95. The second kappa shape index (κ2) is 24.8. The largest absolute Gasteiger partial charge is 0.394 e. The van der Waals surface area contributed by atoms with E-state index < -0.39 is 0 Å². The summed E-state index contributed by atoms with van der Waals surface area (Å²) in [4.78, 5) is 0. The zero-order chi connectivity index (χ0) is 20.5. The number of unbranched alkanes of at least 4 members (excludes halogenated alkanes) is 4. The predicted octanol–water partition coefficient (Wildman–Crippen LogP) is 3.84. The maximum atomic E-state index is 8.55. The van der Waals surface area contributed by atoms with Crippen LogP contribution in [0.1, 0.15) is 65.2 Å². The summed E-state index contributed by atoms with van der Waals surface area (Å²) < 4.78 is 27.0. The summed E-state index contributed by atoms with van der Waals surface area (Å²) in [6.45, 7) is 10.3. The Morgan fingerprint density at radius 1 is 0.536 bits per heavy atom. The van der Waals surface area contributed by atoms with Gasteiger partial charge in [0.25, 0.3) is 0 Å². The topological polar surface area (TPSA) is 66.4 Å². The molecule has 28 heavy (non-hydrogen) atoms. The van der Waals surface area contributed by atoms with Crippen LogP contribution in [-0.2, 0) is 23.7 Å². The van der Waals surface area contributed by atoms with Crippen LogP contribution in [0, 0.1) is 5.92 Å². The van der Waals surface area contributed by atoms with Crippen LogP contribution in [0.25, 0.3) is 0 Å². The summed E-state index contributed by atoms with van der Waals surface area (Å²) in [5, 5.41) is 8.55. The van der Waals surface area contributed by atoms with Gasteiger partial charge in [-0.2, -0.15) is 0 Å². The van der Waals surface area contributed by atoms with Gasteiger partial charge in [-0.05, 0) is 12.3 Å². The van der Waals surface area contributed by atoms with Gasteiger partial charge in [-0.25, -0.2) is 0 Å². The minimum Gasteiger partial charge on any atom is -0.394 e. The van der Waals surface area contributed by atoms with Gasteiger partial charge >= 0.3 is 0 Å². The van der Waals surface area contributed by atoms with Crippen molar-refractivity contribution in [1.82, 2.24) is 0 Å². The maximum Gasteiger partial charge on any atom is 0.0701 e. The molecule has 6 nitrogen and oxygen atoms in total. The van der Waals surface area contributed by atoms with Gasteiger partial charge < -0.3 is 28.8 Å². The fourth-order valence-corrected chi connectivity index (χ4v) is 2.89. The Balaban J connectivity index is 3.19. The monoisotopic (exact) mass is 406 g/mol. The summed E-state index contributed by atoms with van der Waals surface area (Å²) in [6.07, 6.45) is 10.6. The minimum atomic E-state index is 0.0482. The second-order valence-corrected chi connectivity index (χ2v) is 7.05. The lowest BCUT2D eigenvalue weighted by molar-refractivity contribution is -0.0139. The molecule has 0 aromatic carbocycles. The molecule has 0 rings (SSSR count). The van der Waals surface area contributed by atoms with Crippen molar-refractivity contribution in [3.05, 3.63) is 0 Å². The van der Waals surface area contributed by atoms with Crippen LogP contribution in [0.5, 0.6) is 0 Å². The summed E-state index contributed by atoms with van der Waals surface area (Å²) in [6, 6.07) is 0. The van der Waals surface area contributed by atoms with Gasteiger partial charge in [-0.3, -0.25) is 0 Å². The van der Waals surface area contributed by atoms with E-state index in [2.05, 4.69) is 13.8 Å². The van der Waals surface area contributed by atoms with Gasteiger partial charge in [-0.1, -0.05) is 58.8 Å². The third-order valence-electron chi connectivity index (χ3n) is 4.69. The maximum absolute atomic E-state index is 8.55. The molecule has 0 heterocycles. The van der Waals surface area contributed by atoms with E-state index >= 15 is 0 Å². The average molecular weight is 407 g/mol. The van der Waals surface area contributed by atoms with Crippen LogP contribution in [-0.4, -0.2) is 77.8 Å². The van der Waals surface area contributed by atoms with E-state index in [0.29, 0.717) is 59.5 Å². The Bertz CT molecular complexity index is 278. The van der Waals surface area contributed by atoms with Crippen molar-refractivity contribution in [3.8, 4) is 0 Å². The van der Waals surface area contributed by atoms with Crippen molar-refractivity contribution < 1.29 is 28.8 Å². The number of hydrogen-bond acceptors (Lipinski definition) is 6. The zero-order valence-corrected chi connectivity index (χ0v) is 18.5. The van der Waals surface area contributed by atoms with Crippen LogP contribution in [0.15, 0.2) is 0 Å². The van der Waals surface area contributed by atoms with E-state index in [1.54, 1.807) is 0 Å². The van der Waals surface area contributed by atoms with Gasteiger partial charge in [0.15, 0.2) is 0 Å². The molecule has 0 spiro atoms. The summed E-state index contributed by atoms with van der Waals surface area (Å²) in [7, 11) is 0. The van der Waals surface area contributed by atoms with Crippen molar-refractivity contribution >= 4 is 0 Å². The average Bonchev–Trinajstić information content (AvgIpc) is 2.71. The molecule has 0 aromatic rings. The molecule has 0 aliphatic carbocycles. The first-order chi connectivity index (χ1) is 13.8.